The Kier molecular flexibility index (Phi) is 7.09. The van der Waals surface area contributed by atoms with Crippen LogP contribution in [0.2, 0.25) is 0 Å². The van der Waals surface area contributed by atoms with Crippen LogP contribution in [0.1, 0.15) is 25.0 Å². The highest BCUT2D eigenvalue weighted by molar-refractivity contribution is 8.05. The lowest BCUT2D eigenvalue weighted by Crippen LogP contribution is -2.65. The minimum atomic E-state index is -0.722. The summed E-state index contributed by atoms with van der Waals surface area (Å²) in [5.74, 6) is -0.797. The third-order valence-electron chi connectivity index (χ3n) is 6.00. The zero-order chi connectivity index (χ0) is 24.3. The fourth-order valence-corrected chi connectivity index (χ4v) is 7.19. The number of ether oxygens (including phenoxy) is 2. The Morgan fingerprint density at radius 2 is 1.76 bits per heavy atom. The van der Waals surface area contributed by atoms with Crippen molar-refractivity contribution < 1.29 is 19.1 Å². The van der Waals surface area contributed by atoms with Crippen molar-refractivity contribution in [1.82, 2.24) is 4.90 Å². The first-order chi connectivity index (χ1) is 16.3. The molecule has 34 heavy (non-hydrogen) atoms. The Hall–Kier alpha value is -2.71. The van der Waals surface area contributed by atoms with E-state index in [4.69, 9.17) is 14.5 Å². The maximum atomic E-state index is 13.3. The summed E-state index contributed by atoms with van der Waals surface area (Å²) in [6.45, 7) is 4.27. The van der Waals surface area contributed by atoms with E-state index in [1.165, 1.54) is 13.2 Å². The molecule has 0 spiro atoms. The van der Waals surface area contributed by atoms with Crippen molar-refractivity contribution in [3.05, 3.63) is 83.6 Å². The zero-order valence-corrected chi connectivity index (χ0v) is 21.3. The number of carbonyl (C=O) groups is 2. The highest BCUT2D eigenvalue weighted by atomic mass is 32.2. The lowest BCUT2D eigenvalue weighted by Gasteiger charge is -2.54. The van der Waals surface area contributed by atoms with Gasteiger partial charge in [0.15, 0.2) is 4.87 Å². The van der Waals surface area contributed by atoms with Crippen LogP contribution in [-0.4, -0.2) is 57.5 Å². The minimum absolute atomic E-state index is 0.136. The SMILES string of the molecule is COC(=O)C=C1N2[C@@H](C(=O)OCc3ccccc3)C(C)(C)S[C@@H]2[C@@]1(N=Cc1ccccc1)SC. The van der Waals surface area contributed by atoms with E-state index < -0.39 is 21.6 Å². The highest BCUT2D eigenvalue weighted by Gasteiger charge is 2.69. The molecule has 2 heterocycles. The second-order valence-electron chi connectivity index (χ2n) is 8.60. The van der Waals surface area contributed by atoms with E-state index in [1.54, 1.807) is 23.5 Å². The van der Waals surface area contributed by atoms with Gasteiger partial charge in [-0.05, 0) is 31.2 Å². The third kappa shape index (κ3) is 4.49. The van der Waals surface area contributed by atoms with E-state index in [-0.39, 0.29) is 18.0 Å². The van der Waals surface area contributed by atoms with E-state index in [2.05, 4.69) is 0 Å². The van der Waals surface area contributed by atoms with Crippen molar-refractivity contribution in [1.29, 1.82) is 0 Å². The Morgan fingerprint density at radius 3 is 2.38 bits per heavy atom. The topological polar surface area (TPSA) is 68.2 Å². The fraction of sp³-hybridized carbons (Fsp3) is 0.346. The van der Waals surface area contributed by atoms with Gasteiger partial charge in [-0.2, -0.15) is 0 Å². The molecule has 2 fully saturated rings. The molecule has 2 saturated heterocycles. The van der Waals surface area contributed by atoms with Crippen molar-refractivity contribution in [2.75, 3.05) is 13.4 Å². The molecule has 0 saturated carbocycles. The molecule has 0 unspecified atom stereocenters. The number of hydrogen-bond acceptors (Lipinski definition) is 8. The van der Waals surface area contributed by atoms with Gasteiger partial charge in [-0.15, -0.1) is 23.5 Å². The molecule has 0 aliphatic carbocycles. The Balaban J connectivity index is 1.66. The van der Waals surface area contributed by atoms with Gasteiger partial charge in [0, 0.05) is 17.0 Å². The number of carbonyl (C=O) groups excluding carboxylic acids is 2. The molecular formula is C26H28N2O4S2. The second kappa shape index (κ2) is 9.88. The molecule has 8 heteroatoms. The van der Waals surface area contributed by atoms with Crippen LogP contribution in [0.3, 0.4) is 0 Å². The van der Waals surface area contributed by atoms with Crippen LogP contribution >= 0.6 is 23.5 Å². The Morgan fingerprint density at radius 1 is 1.12 bits per heavy atom. The number of thioether (sulfide) groups is 2. The molecule has 2 aromatic carbocycles. The van der Waals surface area contributed by atoms with Crippen LogP contribution < -0.4 is 0 Å². The minimum Gasteiger partial charge on any atom is -0.466 e. The predicted molar refractivity (Wildman–Crippen MR) is 138 cm³/mol. The molecule has 0 N–H and O–H groups in total. The molecule has 178 valence electrons. The lowest BCUT2D eigenvalue weighted by molar-refractivity contribution is -0.153. The normalized spacial score (nSPS) is 26.2. The maximum absolute atomic E-state index is 13.3. The van der Waals surface area contributed by atoms with Gasteiger partial charge >= 0.3 is 11.9 Å². The number of benzene rings is 2. The van der Waals surface area contributed by atoms with Gasteiger partial charge in [-0.3, -0.25) is 4.99 Å². The first-order valence-corrected chi connectivity index (χ1v) is 13.0. The lowest BCUT2D eigenvalue weighted by atomic mass is 9.92. The number of rotatable bonds is 7. The summed E-state index contributed by atoms with van der Waals surface area (Å²) in [4.78, 5) is 31.9. The summed E-state index contributed by atoms with van der Waals surface area (Å²) in [5.41, 5.74) is 2.55. The fourth-order valence-electron chi connectivity index (χ4n) is 4.31. The van der Waals surface area contributed by atoms with Crippen molar-refractivity contribution in [2.45, 2.75) is 41.5 Å². The van der Waals surface area contributed by atoms with E-state index in [1.807, 2.05) is 91.9 Å². The van der Waals surface area contributed by atoms with Gasteiger partial charge in [0.05, 0.1) is 12.8 Å². The van der Waals surface area contributed by atoms with Gasteiger partial charge in [0.25, 0.3) is 0 Å². The largest absolute Gasteiger partial charge is 0.466 e. The van der Waals surface area contributed by atoms with Gasteiger partial charge in [-0.25, -0.2) is 9.59 Å². The van der Waals surface area contributed by atoms with Crippen LogP contribution in [0, 0.1) is 0 Å². The standard InChI is InChI=1S/C26H28N2O4S2/c1-25(2)22(23(30)32-17-19-13-9-6-10-14-19)28-20(15-21(29)31-3)26(33-4,24(28)34-25)27-16-18-11-7-5-8-12-18/h5-16,22,24H,17H2,1-4H3/t22-,24+,26-/m0/s1. The molecule has 2 aromatic rings. The number of hydrogen-bond donors (Lipinski definition) is 0. The second-order valence-corrected chi connectivity index (χ2v) is 11.4. The van der Waals surface area contributed by atoms with Crippen LogP contribution in [0.15, 0.2) is 77.4 Å². The van der Waals surface area contributed by atoms with Crippen LogP contribution in [-0.2, 0) is 25.7 Å². The van der Waals surface area contributed by atoms with Crippen molar-refractivity contribution >= 4 is 41.7 Å². The average Bonchev–Trinajstić information content (AvgIpc) is 3.11. The highest BCUT2D eigenvalue weighted by Crippen LogP contribution is 2.64. The van der Waals surface area contributed by atoms with Crippen LogP contribution in [0.4, 0.5) is 0 Å². The van der Waals surface area contributed by atoms with E-state index in [0.717, 1.165) is 11.1 Å². The number of esters is 2. The molecule has 0 radical (unpaired) electrons. The van der Waals surface area contributed by atoms with Gasteiger partial charge < -0.3 is 14.4 Å². The molecule has 2 aliphatic heterocycles. The summed E-state index contributed by atoms with van der Waals surface area (Å²) in [5, 5.41) is -0.136. The van der Waals surface area contributed by atoms with E-state index >= 15 is 0 Å². The molecule has 0 amide bonds. The molecule has 0 aromatic heterocycles. The van der Waals surface area contributed by atoms with Crippen molar-refractivity contribution in [3.63, 3.8) is 0 Å². The van der Waals surface area contributed by atoms with Gasteiger partial charge in [-0.1, -0.05) is 60.7 Å². The van der Waals surface area contributed by atoms with Gasteiger partial charge in [0.1, 0.15) is 18.0 Å². The van der Waals surface area contributed by atoms with Crippen molar-refractivity contribution in [3.8, 4) is 0 Å². The Labute approximate surface area is 208 Å². The summed E-state index contributed by atoms with van der Waals surface area (Å²) in [6, 6.07) is 18.9. The zero-order valence-electron chi connectivity index (χ0n) is 19.6. The van der Waals surface area contributed by atoms with E-state index in [0.29, 0.717) is 5.70 Å². The summed E-state index contributed by atoms with van der Waals surface area (Å²) in [6.07, 6.45) is 5.25. The first-order valence-electron chi connectivity index (χ1n) is 10.9. The monoisotopic (exact) mass is 496 g/mol. The van der Waals surface area contributed by atoms with E-state index in [9.17, 15) is 9.59 Å². The molecular weight excluding hydrogens is 468 g/mol. The number of aliphatic imine (C=N–C) groups is 1. The molecule has 2 aliphatic rings. The van der Waals surface area contributed by atoms with Crippen molar-refractivity contribution in [2.24, 2.45) is 4.99 Å². The summed E-state index contributed by atoms with van der Waals surface area (Å²) < 4.78 is 10.2. The predicted octanol–water partition coefficient (Wildman–Crippen LogP) is 4.50. The Bertz CT molecular complexity index is 1100. The number of fused-ring (bicyclic) bond motifs is 1. The third-order valence-corrected chi connectivity index (χ3v) is 8.94. The summed E-state index contributed by atoms with van der Waals surface area (Å²) in [7, 11) is 1.35. The molecule has 0 bridgehead atoms. The summed E-state index contributed by atoms with van der Waals surface area (Å²) >= 11 is 3.23. The molecule has 3 atom stereocenters. The number of methoxy groups -OCH3 is 1. The van der Waals surface area contributed by atoms with Crippen LogP contribution in [0.25, 0.3) is 0 Å². The first kappa shape index (κ1) is 24.4. The van der Waals surface area contributed by atoms with Crippen LogP contribution in [0.5, 0.6) is 0 Å². The average molecular weight is 497 g/mol. The number of nitrogens with zero attached hydrogens (tertiary/aromatic N) is 2. The quantitative estimate of drug-likeness (QED) is 0.318. The maximum Gasteiger partial charge on any atom is 0.332 e. The van der Waals surface area contributed by atoms with Gasteiger partial charge in [0.2, 0.25) is 0 Å². The smallest absolute Gasteiger partial charge is 0.332 e. The molecule has 6 nitrogen and oxygen atoms in total. The molecule has 4 rings (SSSR count).